The summed E-state index contributed by atoms with van der Waals surface area (Å²) in [6.45, 7) is 0.388. The van der Waals surface area contributed by atoms with E-state index in [0.717, 1.165) is 9.87 Å². The van der Waals surface area contributed by atoms with Gasteiger partial charge in [0.2, 0.25) is 10.0 Å². The van der Waals surface area contributed by atoms with Crippen molar-refractivity contribution in [2.75, 3.05) is 33.1 Å². The van der Waals surface area contributed by atoms with Gasteiger partial charge in [0.25, 0.3) is 0 Å². The number of nitrogens with two attached hydrogens (primary N) is 1. The first-order chi connectivity index (χ1) is 11.4. The maximum Gasteiger partial charge on any atom is 0.242 e. The second-order valence-corrected chi connectivity index (χ2v) is 7.55. The monoisotopic (exact) mass is 350 g/mol. The van der Waals surface area contributed by atoms with Crippen LogP contribution in [-0.4, -0.2) is 45.5 Å². The molecule has 0 saturated heterocycles. The van der Waals surface area contributed by atoms with Gasteiger partial charge in [-0.25, -0.2) is 17.7 Å². The highest BCUT2D eigenvalue weighted by Gasteiger charge is 2.18. The largest absolute Gasteiger partial charge is 0.496 e. The fraction of sp³-hybridized carbons (Fsp3) is 0.312. The van der Waals surface area contributed by atoms with Crippen LogP contribution in [0.2, 0.25) is 0 Å². The third-order valence-corrected chi connectivity index (χ3v) is 5.36. The fourth-order valence-electron chi connectivity index (χ4n) is 2.18. The van der Waals surface area contributed by atoms with Crippen molar-refractivity contribution in [1.29, 1.82) is 0 Å². The van der Waals surface area contributed by atoms with Crippen LogP contribution >= 0.6 is 0 Å². The van der Waals surface area contributed by atoms with Crippen molar-refractivity contribution in [2.24, 2.45) is 5.73 Å². The van der Waals surface area contributed by atoms with Crippen LogP contribution in [0.25, 0.3) is 0 Å². The highest BCUT2D eigenvalue weighted by Crippen LogP contribution is 2.23. The Bertz CT molecular complexity index is 793. The zero-order chi connectivity index (χ0) is 17.7. The maximum absolute atomic E-state index is 12.2. The van der Waals surface area contributed by atoms with Crippen molar-refractivity contribution in [3.05, 3.63) is 48.2 Å². The quantitative estimate of drug-likeness (QED) is 0.784. The molecule has 0 amide bonds. The highest BCUT2D eigenvalue weighted by molar-refractivity contribution is 7.89. The number of methoxy groups -OCH3 is 1. The van der Waals surface area contributed by atoms with Crippen LogP contribution in [0.1, 0.15) is 11.6 Å². The summed E-state index contributed by atoms with van der Waals surface area (Å²) in [5, 5.41) is 3.07. The van der Waals surface area contributed by atoms with Crippen LogP contribution < -0.4 is 15.8 Å². The minimum atomic E-state index is -3.50. The van der Waals surface area contributed by atoms with E-state index < -0.39 is 10.0 Å². The molecule has 0 bridgehead atoms. The highest BCUT2D eigenvalue weighted by atomic mass is 32.2. The van der Waals surface area contributed by atoms with E-state index in [1.54, 1.807) is 7.11 Å². The third-order valence-electron chi connectivity index (χ3n) is 3.55. The van der Waals surface area contributed by atoms with Gasteiger partial charge in [0.1, 0.15) is 11.6 Å². The summed E-state index contributed by atoms with van der Waals surface area (Å²) in [5.41, 5.74) is 7.06. The Morgan fingerprint density at radius 3 is 2.67 bits per heavy atom. The van der Waals surface area contributed by atoms with E-state index >= 15 is 0 Å². The lowest BCUT2D eigenvalue weighted by molar-refractivity contribution is 0.406. The van der Waals surface area contributed by atoms with Gasteiger partial charge in [-0.1, -0.05) is 18.2 Å². The number of nitrogens with one attached hydrogen (secondary N) is 1. The number of hydrogen-bond acceptors (Lipinski definition) is 6. The van der Waals surface area contributed by atoms with Crippen LogP contribution in [0.4, 0.5) is 5.82 Å². The minimum Gasteiger partial charge on any atom is -0.496 e. The normalized spacial score (nSPS) is 12.9. The first-order valence-electron chi connectivity index (χ1n) is 7.37. The predicted molar refractivity (Wildman–Crippen MR) is 93.5 cm³/mol. The number of sulfonamides is 1. The number of pyridine rings is 1. The molecular weight excluding hydrogens is 328 g/mol. The molecule has 0 saturated carbocycles. The lowest BCUT2D eigenvalue weighted by Gasteiger charge is -2.17. The van der Waals surface area contributed by atoms with Crippen molar-refractivity contribution >= 4 is 15.8 Å². The molecule has 1 heterocycles. The number of ether oxygens (including phenoxy) is 1. The molecule has 130 valence electrons. The van der Waals surface area contributed by atoms with Crippen molar-refractivity contribution < 1.29 is 13.2 Å². The Morgan fingerprint density at radius 2 is 2.00 bits per heavy atom. The molecule has 0 aliphatic carbocycles. The zero-order valence-electron chi connectivity index (χ0n) is 13.9. The fourth-order valence-corrected chi connectivity index (χ4v) is 3.09. The number of benzene rings is 1. The van der Waals surface area contributed by atoms with Gasteiger partial charge in [0.05, 0.1) is 18.0 Å². The Kier molecular flexibility index (Phi) is 5.76. The van der Waals surface area contributed by atoms with Gasteiger partial charge in [-0.05, 0) is 12.1 Å². The smallest absolute Gasteiger partial charge is 0.242 e. The Morgan fingerprint density at radius 1 is 1.29 bits per heavy atom. The first-order valence-corrected chi connectivity index (χ1v) is 8.81. The second-order valence-electron chi connectivity index (χ2n) is 5.39. The molecule has 2 rings (SSSR count). The molecule has 1 atom stereocenters. The molecule has 1 aromatic heterocycles. The van der Waals surface area contributed by atoms with E-state index in [1.165, 1.54) is 32.4 Å². The van der Waals surface area contributed by atoms with Gasteiger partial charge >= 0.3 is 0 Å². The predicted octanol–water partition coefficient (Wildman–Crippen LogP) is 1.45. The van der Waals surface area contributed by atoms with Crippen molar-refractivity contribution in [3.63, 3.8) is 0 Å². The summed E-state index contributed by atoms with van der Waals surface area (Å²) < 4.78 is 30.8. The molecule has 0 spiro atoms. The summed E-state index contributed by atoms with van der Waals surface area (Å²) in [5.74, 6) is 1.16. The van der Waals surface area contributed by atoms with E-state index in [0.29, 0.717) is 18.1 Å². The van der Waals surface area contributed by atoms with E-state index in [9.17, 15) is 8.42 Å². The molecule has 24 heavy (non-hydrogen) atoms. The van der Waals surface area contributed by atoms with Crippen molar-refractivity contribution in [1.82, 2.24) is 9.29 Å². The van der Waals surface area contributed by atoms with Gasteiger partial charge in [-0.3, -0.25) is 0 Å². The molecule has 0 aliphatic rings. The maximum atomic E-state index is 12.2. The van der Waals surface area contributed by atoms with Crippen LogP contribution in [-0.2, 0) is 10.0 Å². The Labute approximate surface area is 142 Å². The Hall–Kier alpha value is -2.16. The first kappa shape index (κ1) is 18.2. The summed E-state index contributed by atoms with van der Waals surface area (Å²) in [4.78, 5) is 4.32. The molecule has 0 radical (unpaired) electrons. The molecule has 1 aromatic carbocycles. The molecule has 8 heteroatoms. The lowest BCUT2D eigenvalue weighted by Crippen LogP contribution is -2.23. The van der Waals surface area contributed by atoms with Crippen LogP contribution in [0.5, 0.6) is 5.75 Å². The average molecular weight is 350 g/mol. The van der Waals surface area contributed by atoms with Gasteiger partial charge in [-0.2, -0.15) is 0 Å². The molecule has 7 nitrogen and oxygen atoms in total. The summed E-state index contributed by atoms with van der Waals surface area (Å²) >= 11 is 0. The molecule has 1 unspecified atom stereocenters. The molecule has 0 fully saturated rings. The van der Waals surface area contributed by atoms with E-state index in [2.05, 4.69) is 10.3 Å². The summed E-state index contributed by atoms with van der Waals surface area (Å²) in [6.07, 6.45) is 1.45. The van der Waals surface area contributed by atoms with E-state index in [-0.39, 0.29) is 10.9 Å². The number of hydrogen-bond donors (Lipinski definition) is 2. The van der Waals surface area contributed by atoms with Crippen LogP contribution in [0.3, 0.4) is 0 Å². The van der Waals surface area contributed by atoms with Crippen LogP contribution in [0, 0.1) is 0 Å². The standard InChI is InChI=1S/C16H22N4O3S/c1-20(2)24(21,22)12-8-9-18-16(10-12)19-11-14(17)13-6-4-5-7-15(13)23-3/h4-10,14H,11,17H2,1-3H3,(H,18,19). The second kappa shape index (κ2) is 7.61. The van der Waals surface area contributed by atoms with Gasteiger partial charge in [0.15, 0.2) is 0 Å². The molecule has 0 aliphatic heterocycles. The minimum absolute atomic E-state index is 0.177. The number of anilines is 1. The third kappa shape index (κ3) is 4.02. The number of para-hydroxylation sites is 1. The van der Waals surface area contributed by atoms with Gasteiger partial charge in [0, 0.05) is 38.5 Å². The molecule has 3 N–H and O–H groups in total. The van der Waals surface area contributed by atoms with Crippen molar-refractivity contribution in [3.8, 4) is 5.75 Å². The van der Waals surface area contributed by atoms with Crippen LogP contribution in [0.15, 0.2) is 47.5 Å². The molecular formula is C16H22N4O3S. The lowest BCUT2D eigenvalue weighted by atomic mass is 10.1. The number of rotatable bonds is 7. The summed E-state index contributed by atoms with van der Waals surface area (Å²) in [7, 11) is 1.07. The molecule has 2 aromatic rings. The van der Waals surface area contributed by atoms with E-state index in [1.807, 2.05) is 24.3 Å². The zero-order valence-corrected chi connectivity index (χ0v) is 14.7. The van der Waals surface area contributed by atoms with Crippen molar-refractivity contribution in [2.45, 2.75) is 10.9 Å². The SMILES string of the molecule is COc1ccccc1C(N)CNc1cc(S(=O)(=O)N(C)C)ccn1. The number of aromatic nitrogens is 1. The van der Waals surface area contributed by atoms with Gasteiger partial charge in [-0.15, -0.1) is 0 Å². The topological polar surface area (TPSA) is 97.5 Å². The average Bonchev–Trinajstić information content (AvgIpc) is 2.59. The summed E-state index contributed by atoms with van der Waals surface area (Å²) in [6, 6.07) is 10.1. The number of nitrogens with zero attached hydrogens (tertiary/aromatic N) is 2. The van der Waals surface area contributed by atoms with E-state index in [4.69, 9.17) is 10.5 Å². The Balaban J connectivity index is 2.13. The van der Waals surface area contributed by atoms with Gasteiger partial charge < -0.3 is 15.8 Å².